The van der Waals surface area contributed by atoms with E-state index in [0.717, 1.165) is 16.9 Å². The van der Waals surface area contributed by atoms with Crippen molar-refractivity contribution in [2.45, 2.75) is 25.9 Å². The molecule has 1 aromatic carbocycles. The molecule has 0 unspecified atom stereocenters. The number of carbonyl (C=O) groups excluding carboxylic acids is 1. The fraction of sp³-hybridized carbons (Fsp3) is 0.333. The molecule has 7 nitrogen and oxygen atoms in total. The van der Waals surface area contributed by atoms with Crippen LogP contribution in [0.3, 0.4) is 0 Å². The first-order chi connectivity index (χ1) is 12.1. The number of anilines is 1. The fourth-order valence-electron chi connectivity index (χ4n) is 3.48. The lowest BCUT2D eigenvalue weighted by Gasteiger charge is -2.36. The Labute approximate surface area is 145 Å². The molecule has 128 valence electrons. The molecule has 1 aliphatic heterocycles. The van der Waals surface area contributed by atoms with Crippen molar-refractivity contribution < 1.29 is 4.79 Å². The molecule has 25 heavy (non-hydrogen) atoms. The Kier molecular flexibility index (Phi) is 3.63. The number of benzene rings is 1. The van der Waals surface area contributed by atoms with Gasteiger partial charge in [0.05, 0.1) is 11.6 Å². The normalized spacial score (nSPS) is 16.8. The molecule has 1 atom stereocenters. The van der Waals surface area contributed by atoms with E-state index in [-0.39, 0.29) is 11.9 Å². The Bertz CT molecular complexity index is 963. The van der Waals surface area contributed by atoms with Crippen LogP contribution in [-0.2, 0) is 24.8 Å². The zero-order valence-corrected chi connectivity index (χ0v) is 14.5. The number of hydrogen-bond donors (Lipinski definition) is 1. The van der Waals surface area contributed by atoms with Gasteiger partial charge in [0.25, 0.3) is 0 Å². The molecule has 0 saturated heterocycles. The van der Waals surface area contributed by atoms with Crippen LogP contribution in [0.15, 0.2) is 30.5 Å². The van der Waals surface area contributed by atoms with Gasteiger partial charge < -0.3 is 10.2 Å². The molecule has 3 aromatic rings. The molecule has 0 fully saturated rings. The van der Waals surface area contributed by atoms with Crippen molar-refractivity contribution >= 4 is 22.8 Å². The van der Waals surface area contributed by atoms with E-state index in [1.54, 1.807) is 17.9 Å². The Morgan fingerprint density at radius 3 is 2.76 bits per heavy atom. The minimum absolute atomic E-state index is 0.0113. The number of rotatable bonds is 2. The van der Waals surface area contributed by atoms with E-state index < -0.39 is 0 Å². The molecule has 0 radical (unpaired) electrons. The van der Waals surface area contributed by atoms with Crippen molar-refractivity contribution in [3.05, 3.63) is 47.4 Å². The summed E-state index contributed by atoms with van der Waals surface area (Å²) in [5, 5.41) is 7.96. The van der Waals surface area contributed by atoms with Crippen molar-refractivity contribution in [1.82, 2.24) is 25.1 Å². The summed E-state index contributed by atoms with van der Waals surface area (Å²) < 4.78 is 1.74. The van der Waals surface area contributed by atoms with Crippen LogP contribution in [0.5, 0.6) is 0 Å². The molecule has 0 saturated carbocycles. The summed E-state index contributed by atoms with van der Waals surface area (Å²) in [4.78, 5) is 23.8. The Morgan fingerprint density at radius 1 is 1.24 bits per heavy atom. The van der Waals surface area contributed by atoms with E-state index in [1.165, 1.54) is 11.1 Å². The highest BCUT2D eigenvalue weighted by Crippen LogP contribution is 2.31. The van der Waals surface area contributed by atoms with Crippen LogP contribution in [0.25, 0.3) is 11.0 Å². The van der Waals surface area contributed by atoms with Gasteiger partial charge in [-0.05, 0) is 18.1 Å². The highest BCUT2D eigenvalue weighted by atomic mass is 16.2. The lowest BCUT2D eigenvalue weighted by Crippen LogP contribution is -2.50. The standard InChI is InChI=1S/C18H20N6O/c1-11-21-16-14(9-20-23(16)3)17(22-11)24-10-13-7-5-4-6-12(13)8-15(24)18(25)19-2/h4-7,9,15H,8,10H2,1-3H3,(H,19,25)/t15-/m0/s1. The van der Waals surface area contributed by atoms with Crippen molar-refractivity contribution in [3.8, 4) is 0 Å². The second-order valence-corrected chi connectivity index (χ2v) is 6.33. The molecular weight excluding hydrogens is 316 g/mol. The maximum atomic E-state index is 12.6. The maximum Gasteiger partial charge on any atom is 0.242 e. The average molecular weight is 336 g/mol. The molecule has 1 aliphatic rings. The Hall–Kier alpha value is -2.96. The number of amides is 1. The fourth-order valence-corrected chi connectivity index (χ4v) is 3.48. The van der Waals surface area contributed by atoms with E-state index >= 15 is 0 Å². The molecule has 0 bridgehead atoms. The maximum absolute atomic E-state index is 12.6. The molecule has 0 aliphatic carbocycles. The second kappa shape index (κ2) is 5.84. The van der Waals surface area contributed by atoms with Gasteiger partial charge in [0.2, 0.25) is 5.91 Å². The Balaban J connectivity index is 1.89. The third-order valence-electron chi connectivity index (χ3n) is 4.75. The van der Waals surface area contributed by atoms with E-state index in [0.29, 0.717) is 18.8 Å². The van der Waals surface area contributed by atoms with E-state index in [4.69, 9.17) is 0 Å². The molecule has 2 aromatic heterocycles. The Morgan fingerprint density at radius 2 is 2.00 bits per heavy atom. The number of nitrogens with one attached hydrogen (secondary N) is 1. The number of aromatic nitrogens is 4. The summed E-state index contributed by atoms with van der Waals surface area (Å²) >= 11 is 0. The topological polar surface area (TPSA) is 75.9 Å². The SMILES string of the molecule is CNC(=O)[C@@H]1Cc2ccccc2CN1c1nc(C)nc2c1cnn2C. The van der Waals surface area contributed by atoms with Gasteiger partial charge in [-0.15, -0.1) is 0 Å². The number of fused-ring (bicyclic) bond motifs is 2. The highest BCUT2D eigenvalue weighted by Gasteiger charge is 2.33. The summed E-state index contributed by atoms with van der Waals surface area (Å²) in [6.07, 6.45) is 2.42. The minimum atomic E-state index is -0.308. The van der Waals surface area contributed by atoms with Crippen molar-refractivity contribution in [3.63, 3.8) is 0 Å². The predicted octanol–water partition coefficient (Wildman–Crippen LogP) is 1.35. The number of hydrogen-bond acceptors (Lipinski definition) is 5. The summed E-state index contributed by atoms with van der Waals surface area (Å²) in [7, 11) is 3.53. The summed E-state index contributed by atoms with van der Waals surface area (Å²) in [5.41, 5.74) is 3.20. The van der Waals surface area contributed by atoms with Crippen LogP contribution < -0.4 is 10.2 Å². The number of likely N-dealkylation sites (N-methyl/N-ethyl adjacent to an activating group) is 1. The van der Waals surface area contributed by atoms with Gasteiger partial charge in [0.1, 0.15) is 17.7 Å². The largest absolute Gasteiger partial charge is 0.357 e. The third kappa shape index (κ3) is 2.52. The van der Waals surface area contributed by atoms with Gasteiger partial charge in [0.15, 0.2) is 5.65 Å². The third-order valence-corrected chi connectivity index (χ3v) is 4.75. The highest BCUT2D eigenvalue weighted by molar-refractivity contribution is 5.92. The lowest BCUT2D eigenvalue weighted by molar-refractivity contribution is -0.122. The smallest absolute Gasteiger partial charge is 0.242 e. The van der Waals surface area contributed by atoms with Gasteiger partial charge in [-0.1, -0.05) is 24.3 Å². The van der Waals surface area contributed by atoms with Crippen LogP contribution in [-0.4, -0.2) is 38.7 Å². The first kappa shape index (κ1) is 15.6. The predicted molar refractivity (Wildman–Crippen MR) is 95.2 cm³/mol. The first-order valence-corrected chi connectivity index (χ1v) is 8.30. The molecule has 0 spiro atoms. The first-order valence-electron chi connectivity index (χ1n) is 8.30. The quantitative estimate of drug-likeness (QED) is 0.764. The van der Waals surface area contributed by atoms with E-state index in [2.05, 4.69) is 37.4 Å². The number of carbonyl (C=O) groups is 1. The van der Waals surface area contributed by atoms with Crippen LogP contribution >= 0.6 is 0 Å². The van der Waals surface area contributed by atoms with Crippen molar-refractivity contribution in [2.24, 2.45) is 7.05 Å². The summed E-state index contributed by atoms with van der Waals surface area (Å²) in [6.45, 7) is 2.50. The minimum Gasteiger partial charge on any atom is -0.357 e. The van der Waals surface area contributed by atoms with Crippen LogP contribution in [0.1, 0.15) is 17.0 Å². The van der Waals surface area contributed by atoms with E-state index in [1.807, 2.05) is 26.1 Å². The second-order valence-electron chi connectivity index (χ2n) is 6.33. The van der Waals surface area contributed by atoms with Gasteiger partial charge in [0, 0.05) is 27.1 Å². The van der Waals surface area contributed by atoms with E-state index in [9.17, 15) is 4.79 Å². The summed E-state index contributed by atoms with van der Waals surface area (Å²) in [5.74, 6) is 1.42. The van der Waals surface area contributed by atoms with Crippen LogP contribution in [0.4, 0.5) is 5.82 Å². The molecular formula is C18H20N6O. The van der Waals surface area contributed by atoms with Gasteiger partial charge >= 0.3 is 0 Å². The van der Waals surface area contributed by atoms with Crippen LogP contribution in [0.2, 0.25) is 0 Å². The number of aryl methyl sites for hydroxylation is 2. The van der Waals surface area contributed by atoms with Crippen molar-refractivity contribution in [1.29, 1.82) is 0 Å². The zero-order valence-electron chi connectivity index (χ0n) is 14.5. The molecule has 4 rings (SSSR count). The van der Waals surface area contributed by atoms with Crippen LogP contribution in [0, 0.1) is 6.92 Å². The zero-order chi connectivity index (χ0) is 17.6. The monoisotopic (exact) mass is 336 g/mol. The lowest BCUT2D eigenvalue weighted by atomic mass is 9.93. The molecule has 1 N–H and O–H groups in total. The summed E-state index contributed by atoms with van der Waals surface area (Å²) in [6, 6.07) is 7.94. The molecule has 3 heterocycles. The van der Waals surface area contributed by atoms with Crippen molar-refractivity contribution in [2.75, 3.05) is 11.9 Å². The number of nitrogens with zero attached hydrogens (tertiary/aromatic N) is 5. The average Bonchev–Trinajstić information content (AvgIpc) is 3.00. The van der Waals surface area contributed by atoms with Gasteiger partial charge in [-0.25, -0.2) is 9.97 Å². The molecule has 1 amide bonds. The van der Waals surface area contributed by atoms with Gasteiger partial charge in [-0.2, -0.15) is 5.10 Å². The molecule has 7 heteroatoms. The van der Waals surface area contributed by atoms with Gasteiger partial charge in [-0.3, -0.25) is 9.48 Å².